The summed E-state index contributed by atoms with van der Waals surface area (Å²) < 4.78 is 5.31. The van der Waals surface area contributed by atoms with E-state index in [1.54, 1.807) is 31.2 Å². The highest BCUT2D eigenvalue weighted by Crippen LogP contribution is 2.42. The van der Waals surface area contributed by atoms with E-state index in [9.17, 15) is 24.3 Å². The van der Waals surface area contributed by atoms with Gasteiger partial charge in [0.2, 0.25) is 5.91 Å². The first-order valence-corrected chi connectivity index (χ1v) is 17.0. The maximum absolute atomic E-state index is 13.5. The summed E-state index contributed by atoms with van der Waals surface area (Å²) in [6.45, 7) is 5.72. The zero-order valence-electron chi connectivity index (χ0n) is 24.5. The molecular formula is C32H26Cl4N2O6S2. The molecule has 0 spiro atoms. The molecule has 1 atom stereocenters. The van der Waals surface area contributed by atoms with E-state index in [-0.39, 0.29) is 33.1 Å². The van der Waals surface area contributed by atoms with Crippen molar-refractivity contribution >= 4 is 104 Å². The van der Waals surface area contributed by atoms with Crippen LogP contribution in [0.15, 0.2) is 58.8 Å². The van der Waals surface area contributed by atoms with E-state index in [2.05, 4.69) is 10.6 Å². The molecule has 46 heavy (non-hydrogen) atoms. The zero-order chi connectivity index (χ0) is 33.7. The maximum atomic E-state index is 13.5. The Kier molecular flexibility index (Phi) is 12.0. The summed E-state index contributed by atoms with van der Waals surface area (Å²) in [7, 11) is 0. The van der Waals surface area contributed by atoms with Gasteiger partial charge in [-0.05, 0) is 44.0 Å². The van der Waals surface area contributed by atoms with E-state index in [1.165, 1.54) is 23.1 Å². The van der Waals surface area contributed by atoms with Crippen molar-refractivity contribution in [2.24, 2.45) is 0 Å². The molecule has 0 radical (unpaired) electrons. The lowest BCUT2D eigenvalue weighted by Crippen LogP contribution is -2.25. The van der Waals surface area contributed by atoms with E-state index in [1.807, 2.05) is 43.5 Å². The molecule has 0 aliphatic heterocycles. The first-order valence-electron chi connectivity index (χ1n) is 13.7. The Morgan fingerprint density at radius 2 is 1.54 bits per heavy atom. The molecule has 0 bridgehead atoms. The molecule has 2 amide bonds. The van der Waals surface area contributed by atoms with Crippen molar-refractivity contribution in [3.63, 3.8) is 0 Å². The van der Waals surface area contributed by atoms with Crippen LogP contribution in [0, 0.1) is 6.92 Å². The third-order valence-electron chi connectivity index (χ3n) is 6.61. The average Bonchev–Trinajstić information content (AvgIpc) is 3.44. The quantitative estimate of drug-likeness (QED) is 0.0606. The van der Waals surface area contributed by atoms with E-state index in [0.717, 1.165) is 11.1 Å². The van der Waals surface area contributed by atoms with Crippen molar-refractivity contribution in [1.29, 1.82) is 0 Å². The fourth-order valence-electron chi connectivity index (χ4n) is 4.37. The third-order valence-corrected chi connectivity index (χ3v) is 10.7. The number of carbonyl (C=O) groups excluding carboxylic acids is 3. The molecule has 0 saturated heterocycles. The van der Waals surface area contributed by atoms with Gasteiger partial charge in [-0.25, -0.2) is 9.59 Å². The summed E-state index contributed by atoms with van der Waals surface area (Å²) in [5, 5.41) is 15.5. The molecule has 240 valence electrons. The predicted molar refractivity (Wildman–Crippen MR) is 187 cm³/mol. The predicted octanol–water partition coefficient (Wildman–Crippen LogP) is 9.97. The van der Waals surface area contributed by atoms with Crippen molar-refractivity contribution in [3.05, 3.63) is 96.3 Å². The van der Waals surface area contributed by atoms with Gasteiger partial charge in [0.05, 0.1) is 43.1 Å². The number of rotatable bonds is 11. The Hall–Kier alpha value is -3.25. The first kappa shape index (κ1) is 35.6. The summed E-state index contributed by atoms with van der Waals surface area (Å²) in [5.41, 5.74) is 2.11. The zero-order valence-corrected chi connectivity index (χ0v) is 29.2. The van der Waals surface area contributed by atoms with E-state index < -0.39 is 39.2 Å². The molecule has 0 aliphatic carbocycles. The molecule has 3 aromatic carbocycles. The third kappa shape index (κ3) is 7.82. The average molecular weight is 741 g/mol. The number of nitrogens with one attached hydrogen (secondary N) is 2. The van der Waals surface area contributed by atoms with Crippen LogP contribution in [0.4, 0.5) is 10.7 Å². The van der Waals surface area contributed by atoms with Crippen LogP contribution in [0.5, 0.6) is 0 Å². The smallest absolute Gasteiger partial charge is 0.341 e. The summed E-state index contributed by atoms with van der Waals surface area (Å²) in [6, 6.07) is 14.3. The standard InChI is InChI=1S/C32H26Cl4N2O6S2/c1-4-20(28(39)38-30-21(32(43)44-5-2)19(14-45-30)16-11-9-15(3)10-12-16)46-18-8-6-7-17(13-18)37-29(40)22-23(31(41)42)25(34)27(36)26(35)24(22)33/h6-14,20H,4-5H2,1-3H3,(H,37,40)(H,38,39)(H,41,42). The minimum atomic E-state index is -1.51. The first-order chi connectivity index (χ1) is 21.9. The van der Waals surface area contributed by atoms with Gasteiger partial charge in [0.1, 0.15) is 10.6 Å². The molecule has 4 rings (SSSR count). The number of carbonyl (C=O) groups is 4. The van der Waals surface area contributed by atoms with Gasteiger partial charge in [-0.1, -0.05) is 89.2 Å². The van der Waals surface area contributed by atoms with Crippen LogP contribution < -0.4 is 10.6 Å². The minimum absolute atomic E-state index is 0.178. The molecule has 0 aliphatic rings. The summed E-state index contributed by atoms with van der Waals surface area (Å²) in [4.78, 5) is 52.2. The second-order valence-corrected chi connectivity index (χ2v) is 13.4. The van der Waals surface area contributed by atoms with Gasteiger partial charge in [-0.3, -0.25) is 9.59 Å². The number of halogens is 4. The number of anilines is 2. The molecule has 3 N–H and O–H groups in total. The van der Waals surface area contributed by atoms with Gasteiger partial charge in [0.15, 0.2) is 0 Å². The molecule has 4 aromatic rings. The molecule has 1 aromatic heterocycles. The van der Waals surface area contributed by atoms with Crippen LogP contribution in [0.25, 0.3) is 11.1 Å². The summed E-state index contributed by atoms with van der Waals surface area (Å²) in [5.74, 6) is -3.25. The van der Waals surface area contributed by atoms with Gasteiger partial charge in [-0.2, -0.15) is 0 Å². The number of hydrogen-bond donors (Lipinski definition) is 3. The number of benzene rings is 3. The van der Waals surface area contributed by atoms with Crippen molar-refractivity contribution < 1.29 is 29.0 Å². The van der Waals surface area contributed by atoms with E-state index in [0.29, 0.717) is 27.6 Å². The Morgan fingerprint density at radius 3 is 2.15 bits per heavy atom. The van der Waals surface area contributed by atoms with Crippen LogP contribution >= 0.6 is 69.5 Å². The number of thioether (sulfide) groups is 1. The lowest BCUT2D eigenvalue weighted by Gasteiger charge is -2.16. The Balaban J connectivity index is 1.56. The lowest BCUT2D eigenvalue weighted by atomic mass is 10.0. The SMILES string of the molecule is CCOC(=O)c1c(-c2ccc(C)cc2)csc1NC(=O)C(CC)Sc1cccc(NC(=O)c2c(Cl)c(Cl)c(Cl)c(Cl)c2C(=O)O)c1. The largest absolute Gasteiger partial charge is 0.478 e. The second kappa shape index (κ2) is 15.6. The highest BCUT2D eigenvalue weighted by molar-refractivity contribution is 8.00. The highest BCUT2D eigenvalue weighted by atomic mass is 35.5. The van der Waals surface area contributed by atoms with Crippen LogP contribution in [-0.4, -0.2) is 40.7 Å². The van der Waals surface area contributed by atoms with Crippen molar-refractivity contribution in [2.75, 3.05) is 17.2 Å². The lowest BCUT2D eigenvalue weighted by molar-refractivity contribution is -0.115. The number of ether oxygens (including phenoxy) is 1. The van der Waals surface area contributed by atoms with Gasteiger partial charge in [0.25, 0.3) is 5.91 Å². The molecule has 8 nitrogen and oxygen atoms in total. The fourth-order valence-corrected chi connectivity index (χ4v) is 7.36. The van der Waals surface area contributed by atoms with Crippen molar-refractivity contribution in [2.45, 2.75) is 37.3 Å². The summed E-state index contributed by atoms with van der Waals surface area (Å²) in [6.07, 6.45) is 0.442. The topological polar surface area (TPSA) is 122 Å². The van der Waals surface area contributed by atoms with Gasteiger partial charge >= 0.3 is 11.9 Å². The van der Waals surface area contributed by atoms with Crippen molar-refractivity contribution in [1.82, 2.24) is 0 Å². The molecule has 14 heteroatoms. The highest BCUT2D eigenvalue weighted by Gasteiger charge is 2.29. The number of thiophene rings is 1. The molecule has 1 unspecified atom stereocenters. The number of amides is 2. The Morgan fingerprint density at radius 1 is 0.891 bits per heavy atom. The monoisotopic (exact) mass is 738 g/mol. The Bertz CT molecular complexity index is 1830. The molecule has 0 saturated carbocycles. The fraction of sp³-hybridized carbons (Fsp3) is 0.188. The van der Waals surface area contributed by atoms with Gasteiger partial charge in [-0.15, -0.1) is 23.1 Å². The number of carboxylic acids is 1. The number of hydrogen-bond acceptors (Lipinski definition) is 7. The summed E-state index contributed by atoms with van der Waals surface area (Å²) >= 11 is 26.9. The number of carboxylic acid groups (broad SMARTS) is 1. The van der Waals surface area contributed by atoms with Gasteiger partial charge in [0, 0.05) is 21.5 Å². The number of aryl methyl sites for hydroxylation is 1. The van der Waals surface area contributed by atoms with Crippen LogP contribution in [0.3, 0.4) is 0 Å². The van der Waals surface area contributed by atoms with E-state index >= 15 is 0 Å². The molecule has 0 fully saturated rings. The van der Waals surface area contributed by atoms with Crippen LogP contribution in [0.1, 0.15) is 56.9 Å². The normalized spacial score (nSPS) is 11.5. The second-order valence-electron chi connectivity index (χ2n) is 9.74. The van der Waals surface area contributed by atoms with Crippen LogP contribution in [-0.2, 0) is 9.53 Å². The van der Waals surface area contributed by atoms with Crippen molar-refractivity contribution in [3.8, 4) is 11.1 Å². The van der Waals surface area contributed by atoms with Crippen LogP contribution in [0.2, 0.25) is 20.1 Å². The number of esters is 1. The van der Waals surface area contributed by atoms with Gasteiger partial charge < -0.3 is 20.5 Å². The Labute approximate surface area is 293 Å². The van der Waals surface area contributed by atoms with E-state index in [4.69, 9.17) is 51.1 Å². The molecular weight excluding hydrogens is 714 g/mol. The molecule has 1 heterocycles. The maximum Gasteiger partial charge on any atom is 0.341 e. The number of aromatic carboxylic acids is 1. The minimum Gasteiger partial charge on any atom is -0.478 e.